The number of nitrogens with one attached hydrogen (secondary N) is 2. The summed E-state index contributed by atoms with van der Waals surface area (Å²) in [5.74, 6) is 0.345. The summed E-state index contributed by atoms with van der Waals surface area (Å²) in [6.07, 6.45) is 8.48. The summed E-state index contributed by atoms with van der Waals surface area (Å²) in [5.41, 5.74) is 6.65. The van der Waals surface area contributed by atoms with Crippen LogP contribution in [0.4, 0.5) is 0 Å². The number of halogens is 1. The monoisotopic (exact) mass is 323 g/mol. The number of hydrogen-bond acceptors (Lipinski definition) is 3. The number of pyridine rings is 1. The maximum atomic E-state index is 6.04. The fourth-order valence-electron chi connectivity index (χ4n) is 1.99. The SMILES string of the molecule is NC(=NC1CC=CC1)NC(=S)NCCc1ncccc1Cl. The predicted molar refractivity (Wildman–Crippen MR) is 90.5 cm³/mol. The minimum absolute atomic E-state index is 0.229. The van der Waals surface area contributed by atoms with Crippen LogP contribution >= 0.6 is 23.8 Å². The van der Waals surface area contributed by atoms with E-state index in [0.717, 1.165) is 18.5 Å². The van der Waals surface area contributed by atoms with E-state index in [4.69, 9.17) is 29.6 Å². The van der Waals surface area contributed by atoms with Crippen LogP contribution in [-0.2, 0) is 6.42 Å². The number of nitrogens with zero attached hydrogens (tertiary/aromatic N) is 2. The number of guanidine groups is 1. The molecule has 0 aliphatic heterocycles. The molecule has 1 aliphatic rings. The Morgan fingerprint density at radius 1 is 1.48 bits per heavy atom. The lowest BCUT2D eigenvalue weighted by molar-refractivity contribution is 0.729. The van der Waals surface area contributed by atoms with Gasteiger partial charge in [0, 0.05) is 19.2 Å². The highest BCUT2D eigenvalue weighted by Crippen LogP contribution is 2.13. The van der Waals surface area contributed by atoms with E-state index in [1.165, 1.54) is 0 Å². The van der Waals surface area contributed by atoms with Gasteiger partial charge in [0.25, 0.3) is 0 Å². The first kappa shape index (κ1) is 15.7. The van der Waals surface area contributed by atoms with E-state index in [0.29, 0.717) is 29.1 Å². The molecule has 1 heterocycles. The summed E-state index contributed by atoms with van der Waals surface area (Å²) in [5, 5.41) is 7.05. The van der Waals surface area contributed by atoms with Crippen molar-refractivity contribution in [3.8, 4) is 0 Å². The molecule has 0 amide bonds. The topological polar surface area (TPSA) is 75.3 Å². The zero-order valence-electron chi connectivity index (χ0n) is 11.6. The van der Waals surface area contributed by atoms with E-state index in [9.17, 15) is 0 Å². The third-order valence-corrected chi connectivity index (χ3v) is 3.62. The molecule has 1 aromatic heterocycles. The molecule has 0 radical (unpaired) electrons. The van der Waals surface area contributed by atoms with Crippen molar-refractivity contribution >= 4 is 34.9 Å². The molecule has 0 unspecified atom stereocenters. The standard InChI is InChI=1S/C14H18ClN5S/c15-11-6-3-8-17-12(11)7-9-18-14(21)20-13(16)19-10-4-1-2-5-10/h1-3,6,8,10H,4-5,7,9H2,(H4,16,18,19,20,21). The number of aliphatic imine (C=N–C) groups is 1. The second-order valence-electron chi connectivity index (χ2n) is 4.67. The highest BCUT2D eigenvalue weighted by Gasteiger charge is 2.09. The second kappa shape index (κ2) is 7.95. The highest BCUT2D eigenvalue weighted by molar-refractivity contribution is 7.80. The van der Waals surface area contributed by atoms with Gasteiger partial charge in [-0.2, -0.15) is 0 Å². The summed E-state index contributed by atoms with van der Waals surface area (Å²) in [7, 11) is 0. The maximum absolute atomic E-state index is 6.04. The smallest absolute Gasteiger partial charge is 0.195 e. The molecule has 0 aromatic carbocycles. The third-order valence-electron chi connectivity index (χ3n) is 3.03. The van der Waals surface area contributed by atoms with Gasteiger partial charge >= 0.3 is 0 Å². The Bertz CT molecular complexity index is 550. The maximum Gasteiger partial charge on any atom is 0.195 e. The van der Waals surface area contributed by atoms with Crippen LogP contribution < -0.4 is 16.4 Å². The summed E-state index contributed by atoms with van der Waals surface area (Å²) < 4.78 is 0. The molecule has 5 nitrogen and oxygen atoms in total. The molecule has 0 atom stereocenters. The van der Waals surface area contributed by atoms with Crippen molar-refractivity contribution in [1.82, 2.24) is 15.6 Å². The largest absolute Gasteiger partial charge is 0.370 e. The van der Waals surface area contributed by atoms with E-state index in [2.05, 4.69) is 32.8 Å². The first-order valence-electron chi connectivity index (χ1n) is 6.77. The Morgan fingerprint density at radius 3 is 2.95 bits per heavy atom. The first-order valence-corrected chi connectivity index (χ1v) is 7.56. The van der Waals surface area contributed by atoms with Crippen LogP contribution in [0.1, 0.15) is 18.5 Å². The lowest BCUT2D eigenvalue weighted by atomic mass is 10.2. The summed E-state index contributed by atoms with van der Waals surface area (Å²) in [4.78, 5) is 8.57. The van der Waals surface area contributed by atoms with E-state index in [-0.39, 0.29) is 6.04 Å². The van der Waals surface area contributed by atoms with Crippen molar-refractivity contribution in [2.24, 2.45) is 10.7 Å². The average molecular weight is 324 g/mol. The minimum atomic E-state index is 0.229. The van der Waals surface area contributed by atoms with Crippen molar-refractivity contribution < 1.29 is 0 Å². The van der Waals surface area contributed by atoms with Crippen LogP contribution in [0, 0.1) is 0 Å². The van der Waals surface area contributed by atoms with E-state index in [1.54, 1.807) is 12.3 Å². The molecule has 112 valence electrons. The number of rotatable bonds is 4. The Hall–Kier alpha value is -1.66. The summed E-state index contributed by atoms with van der Waals surface area (Å²) >= 11 is 11.2. The van der Waals surface area contributed by atoms with Crippen molar-refractivity contribution in [2.45, 2.75) is 25.3 Å². The molecular weight excluding hydrogens is 306 g/mol. The molecule has 0 bridgehead atoms. The van der Waals surface area contributed by atoms with Gasteiger partial charge in [0.2, 0.25) is 0 Å². The zero-order valence-corrected chi connectivity index (χ0v) is 13.1. The summed E-state index contributed by atoms with van der Waals surface area (Å²) in [6, 6.07) is 3.86. The van der Waals surface area contributed by atoms with E-state index >= 15 is 0 Å². The Balaban J connectivity index is 1.71. The molecule has 4 N–H and O–H groups in total. The number of nitrogens with two attached hydrogens (primary N) is 1. The molecule has 0 spiro atoms. The van der Waals surface area contributed by atoms with Crippen molar-refractivity contribution in [3.05, 3.63) is 41.2 Å². The van der Waals surface area contributed by atoms with Crippen LogP contribution in [-0.4, -0.2) is 28.6 Å². The molecule has 0 saturated heterocycles. The number of hydrogen-bond donors (Lipinski definition) is 3. The van der Waals surface area contributed by atoms with Gasteiger partial charge in [0.1, 0.15) is 0 Å². The second-order valence-corrected chi connectivity index (χ2v) is 5.49. The lowest BCUT2D eigenvalue weighted by Crippen LogP contribution is -2.44. The van der Waals surface area contributed by atoms with Crippen LogP contribution in [0.2, 0.25) is 5.02 Å². The van der Waals surface area contributed by atoms with Crippen LogP contribution in [0.25, 0.3) is 0 Å². The molecule has 0 fully saturated rings. The Morgan fingerprint density at radius 2 is 2.24 bits per heavy atom. The van der Waals surface area contributed by atoms with Gasteiger partial charge in [0.05, 0.1) is 16.8 Å². The normalized spacial score (nSPS) is 15.2. The lowest BCUT2D eigenvalue weighted by Gasteiger charge is -2.11. The first-order chi connectivity index (χ1) is 10.1. The van der Waals surface area contributed by atoms with Gasteiger partial charge in [-0.25, -0.2) is 4.99 Å². The zero-order chi connectivity index (χ0) is 15.1. The van der Waals surface area contributed by atoms with Gasteiger partial charge in [-0.05, 0) is 37.2 Å². The van der Waals surface area contributed by atoms with Gasteiger partial charge in [0.15, 0.2) is 11.1 Å². The number of aromatic nitrogens is 1. The fourth-order valence-corrected chi connectivity index (χ4v) is 2.42. The minimum Gasteiger partial charge on any atom is -0.370 e. The van der Waals surface area contributed by atoms with Crippen molar-refractivity contribution in [3.63, 3.8) is 0 Å². The Labute approximate surface area is 134 Å². The average Bonchev–Trinajstić information content (AvgIpc) is 2.93. The molecule has 1 aromatic rings. The Kier molecular flexibility index (Phi) is 5.95. The summed E-state index contributed by atoms with van der Waals surface area (Å²) in [6.45, 7) is 0.626. The van der Waals surface area contributed by atoms with Crippen LogP contribution in [0.3, 0.4) is 0 Å². The molecular formula is C14H18ClN5S. The van der Waals surface area contributed by atoms with Crippen LogP contribution in [0.5, 0.6) is 0 Å². The fraction of sp³-hybridized carbons (Fsp3) is 0.357. The van der Waals surface area contributed by atoms with E-state index < -0.39 is 0 Å². The van der Waals surface area contributed by atoms with Crippen LogP contribution in [0.15, 0.2) is 35.5 Å². The van der Waals surface area contributed by atoms with Gasteiger partial charge in [-0.1, -0.05) is 23.8 Å². The van der Waals surface area contributed by atoms with Crippen molar-refractivity contribution in [2.75, 3.05) is 6.54 Å². The van der Waals surface area contributed by atoms with Gasteiger partial charge < -0.3 is 16.4 Å². The number of thiocarbonyl (C=S) groups is 1. The quantitative estimate of drug-likeness (QED) is 0.341. The van der Waals surface area contributed by atoms with Crippen molar-refractivity contribution in [1.29, 1.82) is 0 Å². The molecule has 7 heteroatoms. The molecule has 1 aliphatic carbocycles. The van der Waals surface area contributed by atoms with Gasteiger partial charge in [-0.3, -0.25) is 4.98 Å². The third kappa shape index (κ3) is 5.32. The molecule has 2 rings (SSSR count). The molecule has 0 saturated carbocycles. The molecule has 21 heavy (non-hydrogen) atoms. The predicted octanol–water partition coefficient (Wildman–Crippen LogP) is 1.77. The van der Waals surface area contributed by atoms with E-state index in [1.807, 2.05) is 6.07 Å². The van der Waals surface area contributed by atoms with Gasteiger partial charge in [-0.15, -0.1) is 0 Å². The highest BCUT2D eigenvalue weighted by atomic mass is 35.5.